The maximum absolute atomic E-state index is 12.3. The lowest BCUT2D eigenvalue weighted by Crippen LogP contribution is -2.36. The molecule has 136 valence electrons. The van der Waals surface area contributed by atoms with Crippen LogP contribution >= 0.6 is 11.3 Å². The maximum atomic E-state index is 12.3. The molecule has 2 rings (SSSR count). The number of carbonyl (C=O) groups excluding carboxylic acids is 1. The molecule has 3 N–H and O–H groups in total. The Hall–Kier alpha value is -1.81. The summed E-state index contributed by atoms with van der Waals surface area (Å²) in [5, 5.41) is 2.51. The van der Waals surface area contributed by atoms with Crippen molar-refractivity contribution in [2.45, 2.75) is 18.2 Å². The van der Waals surface area contributed by atoms with E-state index in [1.54, 1.807) is 36.7 Å². The van der Waals surface area contributed by atoms with E-state index in [9.17, 15) is 13.2 Å². The summed E-state index contributed by atoms with van der Waals surface area (Å²) in [4.78, 5) is 18.2. The van der Waals surface area contributed by atoms with E-state index < -0.39 is 10.0 Å². The maximum Gasteiger partial charge on any atom is 0.273 e. The van der Waals surface area contributed by atoms with E-state index >= 15 is 0 Å². The summed E-state index contributed by atoms with van der Waals surface area (Å²) in [5.74, 6) is -0.242. The number of aryl methyl sites for hydroxylation is 1. The van der Waals surface area contributed by atoms with Crippen molar-refractivity contribution in [3.63, 3.8) is 0 Å². The number of benzene rings is 1. The highest BCUT2D eigenvalue weighted by atomic mass is 32.2. The Labute approximate surface area is 151 Å². The van der Waals surface area contributed by atoms with Crippen molar-refractivity contribution in [1.29, 1.82) is 0 Å². The molecule has 1 amide bonds. The highest BCUT2D eigenvalue weighted by molar-refractivity contribution is 7.89. The molecule has 0 bridgehead atoms. The molecule has 0 radical (unpaired) electrons. The molecule has 7 nitrogen and oxygen atoms in total. The minimum absolute atomic E-state index is 0.123. The molecule has 2 aromatic rings. The second-order valence-corrected chi connectivity index (χ2v) is 8.31. The standard InChI is InChI=1S/C16H22N4O3S2/c1-12-3-5-13(6-4-12)25(22,23)18-9-10-20(2)16(21)14-11-24-15(19-14)7-8-17/h3-6,11,18H,7-10,17H2,1-2H3. The van der Waals surface area contributed by atoms with Crippen LogP contribution in [-0.2, 0) is 16.4 Å². The Morgan fingerprint density at radius 2 is 2.00 bits per heavy atom. The van der Waals surface area contributed by atoms with Crippen LogP contribution in [0.15, 0.2) is 34.5 Å². The van der Waals surface area contributed by atoms with Gasteiger partial charge in [0.25, 0.3) is 5.91 Å². The van der Waals surface area contributed by atoms with E-state index in [1.165, 1.54) is 16.2 Å². The third-order valence-electron chi connectivity index (χ3n) is 3.55. The van der Waals surface area contributed by atoms with Gasteiger partial charge in [-0.2, -0.15) is 0 Å². The molecule has 25 heavy (non-hydrogen) atoms. The van der Waals surface area contributed by atoms with Gasteiger partial charge in [0.2, 0.25) is 10.0 Å². The molecule has 0 atom stereocenters. The van der Waals surface area contributed by atoms with E-state index in [2.05, 4.69) is 9.71 Å². The number of likely N-dealkylation sites (N-methyl/N-ethyl adjacent to an activating group) is 1. The minimum atomic E-state index is -3.58. The average molecular weight is 383 g/mol. The summed E-state index contributed by atoms with van der Waals surface area (Å²) in [7, 11) is -1.97. The van der Waals surface area contributed by atoms with E-state index in [1.807, 2.05) is 6.92 Å². The van der Waals surface area contributed by atoms with Crippen LogP contribution in [0.1, 0.15) is 21.1 Å². The van der Waals surface area contributed by atoms with Crippen LogP contribution in [0, 0.1) is 6.92 Å². The van der Waals surface area contributed by atoms with Crippen molar-refractivity contribution < 1.29 is 13.2 Å². The molecule has 0 aliphatic carbocycles. The molecule has 1 aromatic heterocycles. The third kappa shape index (κ3) is 5.33. The van der Waals surface area contributed by atoms with Gasteiger partial charge in [-0.25, -0.2) is 18.1 Å². The number of rotatable bonds is 8. The number of carbonyl (C=O) groups is 1. The quantitative estimate of drug-likeness (QED) is 0.709. The van der Waals surface area contributed by atoms with Crippen LogP contribution in [0.2, 0.25) is 0 Å². The summed E-state index contributed by atoms with van der Waals surface area (Å²) < 4.78 is 26.9. The predicted octanol–water partition coefficient (Wildman–Crippen LogP) is 1.00. The number of amides is 1. The Bertz CT molecular complexity index is 816. The summed E-state index contributed by atoms with van der Waals surface area (Å²) in [6.45, 7) is 2.74. The molecule has 1 aromatic carbocycles. The van der Waals surface area contributed by atoms with E-state index in [0.717, 1.165) is 10.6 Å². The molecular formula is C16H22N4O3S2. The van der Waals surface area contributed by atoms with Gasteiger partial charge in [-0.1, -0.05) is 17.7 Å². The van der Waals surface area contributed by atoms with Crippen LogP contribution in [0.4, 0.5) is 0 Å². The smallest absolute Gasteiger partial charge is 0.273 e. The zero-order valence-corrected chi connectivity index (χ0v) is 15.9. The number of hydrogen-bond donors (Lipinski definition) is 2. The molecule has 1 heterocycles. The fourth-order valence-corrected chi connectivity index (χ4v) is 3.90. The molecule has 0 aliphatic rings. The zero-order valence-electron chi connectivity index (χ0n) is 14.2. The number of nitrogens with one attached hydrogen (secondary N) is 1. The lowest BCUT2D eigenvalue weighted by molar-refractivity contribution is 0.0792. The summed E-state index contributed by atoms with van der Waals surface area (Å²) in [5.41, 5.74) is 6.82. The lowest BCUT2D eigenvalue weighted by Gasteiger charge is -2.16. The van der Waals surface area contributed by atoms with Crippen molar-refractivity contribution in [2.75, 3.05) is 26.7 Å². The molecule has 0 fully saturated rings. The van der Waals surface area contributed by atoms with Crippen LogP contribution in [0.5, 0.6) is 0 Å². The van der Waals surface area contributed by atoms with Crippen LogP contribution in [0.3, 0.4) is 0 Å². The van der Waals surface area contributed by atoms with Gasteiger partial charge >= 0.3 is 0 Å². The third-order valence-corrected chi connectivity index (χ3v) is 5.93. The number of thiazole rings is 1. The van der Waals surface area contributed by atoms with Gasteiger partial charge in [0.05, 0.1) is 9.90 Å². The highest BCUT2D eigenvalue weighted by Crippen LogP contribution is 2.12. The number of nitrogens with two attached hydrogens (primary N) is 1. The lowest BCUT2D eigenvalue weighted by atomic mass is 10.2. The van der Waals surface area contributed by atoms with Crippen molar-refractivity contribution in [3.05, 3.63) is 45.9 Å². The Kier molecular flexibility index (Phi) is 6.65. The molecular weight excluding hydrogens is 360 g/mol. The second kappa shape index (κ2) is 8.52. The van der Waals surface area contributed by atoms with E-state index in [4.69, 9.17) is 5.73 Å². The van der Waals surface area contributed by atoms with Gasteiger partial charge in [0.15, 0.2) is 0 Å². The molecule has 0 aliphatic heterocycles. The first kappa shape index (κ1) is 19.5. The van der Waals surface area contributed by atoms with Gasteiger partial charge in [-0.3, -0.25) is 4.79 Å². The predicted molar refractivity (Wildman–Crippen MR) is 98.2 cm³/mol. The topological polar surface area (TPSA) is 105 Å². The summed E-state index contributed by atoms with van der Waals surface area (Å²) in [6.07, 6.45) is 0.637. The Morgan fingerprint density at radius 3 is 2.64 bits per heavy atom. The largest absolute Gasteiger partial charge is 0.339 e. The van der Waals surface area contributed by atoms with Gasteiger partial charge in [-0.05, 0) is 25.6 Å². The molecule has 0 saturated heterocycles. The Morgan fingerprint density at radius 1 is 1.32 bits per heavy atom. The summed E-state index contributed by atoms with van der Waals surface area (Å²) in [6, 6.07) is 6.60. The number of aromatic nitrogens is 1. The SMILES string of the molecule is Cc1ccc(S(=O)(=O)NCCN(C)C(=O)c2csc(CCN)n2)cc1. The zero-order chi connectivity index (χ0) is 18.4. The number of sulfonamides is 1. The van der Waals surface area contributed by atoms with Crippen molar-refractivity contribution in [3.8, 4) is 0 Å². The second-order valence-electron chi connectivity index (χ2n) is 5.60. The normalized spacial score (nSPS) is 11.5. The first-order chi connectivity index (χ1) is 11.8. The Balaban J connectivity index is 1.89. The van der Waals surface area contributed by atoms with Crippen LogP contribution in [0.25, 0.3) is 0 Å². The number of hydrogen-bond acceptors (Lipinski definition) is 6. The van der Waals surface area contributed by atoms with Crippen molar-refractivity contribution in [1.82, 2.24) is 14.6 Å². The number of nitrogens with zero attached hydrogens (tertiary/aromatic N) is 2. The van der Waals surface area contributed by atoms with Gasteiger partial charge in [-0.15, -0.1) is 11.3 Å². The first-order valence-corrected chi connectivity index (χ1v) is 10.2. The van der Waals surface area contributed by atoms with Crippen LogP contribution in [-0.4, -0.2) is 50.9 Å². The summed E-state index contributed by atoms with van der Waals surface area (Å²) >= 11 is 1.40. The van der Waals surface area contributed by atoms with Gasteiger partial charge in [0.1, 0.15) is 5.69 Å². The fraction of sp³-hybridized carbons (Fsp3) is 0.375. The fourth-order valence-electron chi connectivity index (χ4n) is 2.09. The highest BCUT2D eigenvalue weighted by Gasteiger charge is 2.17. The van der Waals surface area contributed by atoms with Crippen molar-refractivity contribution in [2.24, 2.45) is 5.73 Å². The van der Waals surface area contributed by atoms with Crippen LogP contribution < -0.4 is 10.5 Å². The van der Waals surface area contributed by atoms with E-state index in [-0.39, 0.29) is 23.9 Å². The average Bonchev–Trinajstić information content (AvgIpc) is 3.03. The first-order valence-electron chi connectivity index (χ1n) is 7.80. The van der Waals surface area contributed by atoms with Gasteiger partial charge in [0, 0.05) is 31.9 Å². The monoisotopic (exact) mass is 382 g/mol. The molecule has 0 saturated carbocycles. The molecule has 0 spiro atoms. The molecule has 9 heteroatoms. The minimum Gasteiger partial charge on any atom is -0.339 e. The van der Waals surface area contributed by atoms with Crippen molar-refractivity contribution >= 4 is 27.3 Å². The van der Waals surface area contributed by atoms with E-state index in [0.29, 0.717) is 18.7 Å². The molecule has 0 unspecified atom stereocenters. The van der Waals surface area contributed by atoms with Gasteiger partial charge < -0.3 is 10.6 Å².